The predicted molar refractivity (Wildman–Crippen MR) is 146 cm³/mol. The maximum atomic E-state index is 16.1. The first-order chi connectivity index (χ1) is 19.3. The van der Waals surface area contributed by atoms with Crippen molar-refractivity contribution in [3.05, 3.63) is 119 Å². The van der Waals surface area contributed by atoms with E-state index in [0.717, 1.165) is 18.5 Å². The Balaban J connectivity index is 1.35. The van der Waals surface area contributed by atoms with E-state index in [1.807, 2.05) is 18.2 Å². The SMILES string of the molecule is CNC(=O)C1c2cc(-c3c(C)ccc(C(=O)NC4(c5ccccn5)CC4)c3F)ccc2OC1c1ccc(F)cc1. The van der Waals surface area contributed by atoms with Gasteiger partial charge in [0.05, 0.1) is 16.8 Å². The monoisotopic (exact) mass is 539 g/mol. The number of pyridine rings is 1. The Morgan fingerprint density at radius 2 is 1.77 bits per heavy atom. The lowest BCUT2D eigenvalue weighted by molar-refractivity contribution is -0.123. The molecular formula is C32H27F2N3O3. The van der Waals surface area contributed by atoms with Gasteiger partial charge in [-0.3, -0.25) is 14.6 Å². The Morgan fingerprint density at radius 1 is 1.00 bits per heavy atom. The summed E-state index contributed by atoms with van der Waals surface area (Å²) < 4.78 is 35.8. The number of rotatable bonds is 6. The van der Waals surface area contributed by atoms with Crippen molar-refractivity contribution in [2.75, 3.05) is 7.05 Å². The van der Waals surface area contributed by atoms with Gasteiger partial charge in [-0.05, 0) is 78.9 Å². The van der Waals surface area contributed by atoms with E-state index in [9.17, 15) is 14.0 Å². The largest absolute Gasteiger partial charge is 0.484 e. The maximum absolute atomic E-state index is 16.1. The summed E-state index contributed by atoms with van der Waals surface area (Å²) in [5.74, 6) is -2.05. The molecule has 3 aromatic carbocycles. The van der Waals surface area contributed by atoms with Crippen LogP contribution in [-0.2, 0) is 10.3 Å². The van der Waals surface area contributed by atoms with Crippen LogP contribution in [0.4, 0.5) is 8.78 Å². The van der Waals surface area contributed by atoms with Gasteiger partial charge in [0.1, 0.15) is 29.4 Å². The van der Waals surface area contributed by atoms with Gasteiger partial charge in [0.25, 0.3) is 5.91 Å². The van der Waals surface area contributed by atoms with Crippen LogP contribution in [0, 0.1) is 18.6 Å². The van der Waals surface area contributed by atoms with E-state index >= 15 is 4.39 Å². The lowest BCUT2D eigenvalue weighted by Crippen LogP contribution is -2.36. The van der Waals surface area contributed by atoms with E-state index in [1.165, 1.54) is 25.2 Å². The molecule has 8 heteroatoms. The number of benzene rings is 3. The van der Waals surface area contributed by atoms with Crippen molar-refractivity contribution in [3.63, 3.8) is 0 Å². The van der Waals surface area contributed by atoms with Crippen LogP contribution in [0.25, 0.3) is 11.1 Å². The molecule has 40 heavy (non-hydrogen) atoms. The number of likely N-dealkylation sites (N-methyl/N-ethyl adjacent to an activating group) is 1. The molecule has 0 bridgehead atoms. The highest BCUT2D eigenvalue weighted by atomic mass is 19.1. The third-order valence-corrected chi connectivity index (χ3v) is 7.77. The molecule has 2 aliphatic rings. The summed E-state index contributed by atoms with van der Waals surface area (Å²) >= 11 is 0. The molecule has 1 aliphatic heterocycles. The lowest BCUT2D eigenvalue weighted by Gasteiger charge is -2.19. The van der Waals surface area contributed by atoms with Crippen molar-refractivity contribution >= 4 is 11.8 Å². The number of carbonyl (C=O) groups is 2. The highest BCUT2D eigenvalue weighted by Crippen LogP contribution is 2.48. The number of halogens is 2. The van der Waals surface area contributed by atoms with Crippen molar-refractivity contribution in [1.29, 1.82) is 0 Å². The standard InChI is InChI=1S/C32H27F2N3O3/c1-18-6-12-22(30(38)37-32(14-15-32)25-5-3-4-16-36-25)28(34)26(18)20-9-13-24-23(17-20)27(31(39)35-2)29(40-24)19-7-10-21(33)11-8-19/h3-13,16-17,27,29H,14-15H2,1-2H3,(H,35,39)(H,37,38). The fraction of sp³-hybridized carbons (Fsp3) is 0.219. The van der Waals surface area contributed by atoms with E-state index in [4.69, 9.17) is 4.74 Å². The van der Waals surface area contributed by atoms with Gasteiger partial charge in [-0.1, -0.05) is 30.3 Å². The average Bonchev–Trinajstić information content (AvgIpc) is 3.65. The fourth-order valence-corrected chi connectivity index (χ4v) is 5.47. The molecule has 4 aromatic rings. The Labute approximate surface area is 230 Å². The molecule has 1 fully saturated rings. The minimum absolute atomic E-state index is 0.0633. The van der Waals surface area contributed by atoms with E-state index in [-0.39, 0.29) is 22.9 Å². The second-order valence-electron chi connectivity index (χ2n) is 10.3. The van der Waals surface area contributed by atoms with Crippen molar-refractivity contribution in [2.45, 2.75) is 37.3 Å². The summed E-state index contributed by atoms with van der Waals surface area (Å²) in [7, 11) is 1.54. The summed E-state index contributed by atoms with van der Waals surface area (Å²) in [4.78, 5) is 30.7. The lowest BCUT2D eigenvalue weighted by atomic mass is 9.87. The molecule has 2 unspecified atom stereocenters. The van der Waals surface area contributed by atoms with Gasteiger partial charge in [0.2, 0.25) is 5.91 Å². The number of aryl methyl sites for hydroxylation is 1. The first-order valence-electron chi connectivity index (χ1n) is 13.1. The number of carbonyl (C=O) groups excluding carboxylic acids is 2. The van der Waals surface area contributed by atoms with Crippen molar-refractivity contribution in [2.24, 2.45) is 0 Å². The molecule has 2 heterocycles. The number of amides is 2. The normalized spacial score (nSPS) is 18.4. The second-order valence-corrected chi connectivity index (χ2v) is 10.3. The predicted octanol–water partition coefficient (Wildman–Crippen LogP) is 5.72. The van der Waals surface area contributed by atoms with Gasteiger partial charge in [0.15, 0.2) is 0 Å². The Morgan fingerprint density at radius 3 is 2.45 bits per heavy atom. The van der Waals surface area contributed by atoms with Crippen LogP contribution >= 0.6 is 0 Å². The highest BCUT2D eigenvalue weighted by Gasteiger charge is 2.47. The van der Waals surface area contributed by atoms with Gasteiger partial charge < -0.3 is 15.4 Å². The second kappa shape index (κ2) is 9.86. The minimum atomic E-state index is -0.728. The number of nitrogens with zero attached hydrogens (tertiary/aromatic N) is 1. The number of hydrogen-bond acceptors (Lipinski definition) is 4. The molecule has 2 N–H and O–H groups in total. The van der Waals surface area contributed by atoms with Crippen molar-refractivity contribution in [1.82, 2.24) is 15.6 Å². The Kier molecular flexibility index (Phi) is 6.33. The fourth-order valence-electron chi connectivity index (χ4n) is 5.47. The van der Waals surface area contributed by atoms with E-state index in [0.29, 0.717) is 28.0 Å². The van der Waals surface area contributed by atoms with Crippen LogP contribution in [0.15, 0.2) is 79.0 Å². The molecule has 202 valence electrons. The van der Waals surface area contributed by atoms with Crippen LogP contribution in [-0.4, -0.2) is 23.8 Å². The Bertz CT molecular complexity index is 1620. The summed E-state index contributed by atoms with van der Waals surface area (Å²) in [6, 6.07) is 19.7. The topological polar surface area (TPSA) is 80.3 Å². The van der Waals surface area contributed by atoms with Gasteiger partial charge in [-0.25, -0.2) is 8.78 Å². The molecular weight excluding hydrogens is 512 g/mol. The third-order valence-electron chi connectivity index (χ3n) is 7.77. The van der Waals surface area contributed by atoms with Crippen LogP contribution in [0.5, 0.6) is 5.75 Å². The van der Waals surface area contributed by atoms with Crippen LogP contribution in [0.2, 0.25) is 0 Å². The van der Waals surface area contributed by atoms with Gasteiger partial charge >= 0.3 is 0 Å². The van der Waals surface area contributed by atoms with Crippen LogP contribution < -0.4 is 15.4 Å². The summed E-state index contributed by atoms with van der Waals surface area (Å²) in [6.07, 6.45) is 2.47. The number of aromatic nitrogens is 1. The zero-order valence-corrected chi connectivity index (χ0v) is 22.0. The molecule has 6 nitrogen and oxygen atoms in total. The number of hydrogen-bond donors (Lipinski definition) is 2. The average molecular weight is 540 g/mol. The number of fused-ring (bicyclic) bond motifs is 1. The van der Waals surface area contributed by atoms with E-state index in [1.54, 1.807) is 49.5 Å². The minimum Gasteiger partial charge on any atom is -0.484 e. The van der Waals surface area contributed by atoms with E-state index in [2.05, 4.69) is 15.6 Å². The zero-order valence-electron chi connectivity index (χ0n) is 22.0. The maximum Gasteiger partial charge on any atom is 0.255 e. The van der Waals surface area contributed by atoms with Crippen molar-refractivity contribution in [3.8, 4) is 16.9 Å². The molecule has 2 atom stereocenters. The summed E-state index contributed by atoms with van der Waals surface area (Å²) in [6.45, 7) is 1.78. The van der Waals surface area contributed by atoms with Crippen molar-refractivity contribution < 1.29 is 23.1 Å². The molecule has 1 aliphatic carbocycles. The molecule has 0 radical (unpaired) electrons. The number of nitrogens with one attached hydrogen (secondary N) is 2. The van der Waals surface area contributed by atoms with Gasteiger partial charge in [0, 0.05) is 24.4 Å². The smallest absolute Gasteiger partial charge is 0.255 e. The highest BCUT2D eigenvalue weighted by molar-refractivity contribution is 5.97. The van der Waals surface area contributed by atoms with Crippen LogP contribution in [0.1, 0.15) is 57.6 Å². The number of ether oxygens (including phenoxy) is 1. The molecule has 2 amide bonds. The molecule has 1 aromatic heterocycles. The molecule has 6 rings (SSSR count). The summed E-state index contributed by atoms with van der Waals surface area (Å²) in [5.41, 5.74) is 2.78. The van der Waals surface area contributed by atoms with Crippen LogP contribution in [0.3, 0.4) is 0 Å². The zero-order chi connectivity index (χ0) is 28.0. The molecule has 1 saturated carbocycles. The first kappa shape index (κ1) is 25.7. The quantitative estimate of drug-likeness (QED) is 0.329. The van der Waals surface area contributed by atoms with Gasteiger partial charge in [-0.15, -0.1) is 0 Å². The Hall–Kier alpha value is -4.59. The third kappa shape index (κ3) is 4.39. The molecule has 0 spiro atoms. The van der Waals surface area contributed by atoms with E-state index < -0.39 is 29.3 Å². The summed E-state index contributed by atoms with van der Waals surface area (Å²) in [5, 5.41) is 5.68. The first-order valence-corrected chi connectivity index (χ1v) is 13.1. The van der Waals surface area contributed by atoms with Gasteiger partial charge in [-0.2, -0.15) is 0 Å². The molecule has 0 saturated heterocycles.